The molecule has 0 fully saturated rings. The van der Waals surface area contributed by atoms with Crippen molar-refractivity contribution in [1.29, 1.82) is 0 Å². The molecule has 8 aromatic carbocycles. The van der Waals surface area contributed by atoms with E-state index in [4.69, 9.17) is 0 Å². The molecule has 0 aliphatic heterocycles. The summed E-state index contributed by atoms with van der Waals surface area (Å²) in [5, 5.41) is 10.5. The molecule has 2 aromatic heterocycles. The fraction of sp³-hybridized carbons (Fsp3) is 0.115. The molecule has 10 aromatic rings. The van der Waals surface area contributed by atoms with E-state index in [9.17, 15) is 0 Å². The Morgan fingerprint density at radius 2 is 0.842 bits per heavy atom. The van der Waals surface area contributed by atoms with Crippen LogP contribution in [0.5, 0.6) is 0 Å². The molecule has 0 atom stereocenters. The van der Waals surface area contributed by atoms with Gasteiger partial charge in [-0.15, -0.1) is 69.1 Å². The third-order valence-electron chi connectivity index (χ3n) is 10.5. The molecule has 0 saturated heterocycles. The SMILES string of the molecule is CCCc1ccc(-c2cc3c(-c4ccc5ccccc5c4)cccc3[cH-]2)s1.CCCc1ccc(-c2cc3c(-c4ccc5ccccc5c4)cccc3[cH-]2)s1.[Cl-].[Cl-].[Zr+4]. The van der Waals surface area contributed by atoms with E-state index in [2.05, 4.69) is 184 Å². The van der Waals surface area contributed by atoms with E-state index in [0.29, 0.717) is 0 Å². The van der Waals surface area contributed by atoms with Crippen LogP contribution in [0.4, 0.5) is 0 Å². The number of hydrogen-bond acceptors (Lipinski definition) is 2. The molecular formula is C52H42Cl2S2Zr. The number of rotatable bonds is 8. The quantitative estimate of drug-likeness (QED) is 0.133. The van der Waals surface area contributed by atoms with Gasteiger partial charge in [-0.1, -0.05) is 159 Å². The summed E-state index contributed by atoms with van der Waals surface area (Å²) in [6.07, 6.45) is 4.75. The predicted octanol–water partition coefficient (Wildman–Crippen LogP) is 10.1. The van der Waals surface area contributed by atoms with Crippen molar-refractivity contribution in [2.24, 2.45) is 0 Å². The zero-order valence-electron chi connectivity index (χ0n) is 32.1. The van der Waals surface area contributed by atoms with E-state index < -0.39 is 0 Å². The third kappa shape index (κ3) is 9.00. The zero-order chi connectivity index (χ0) is 36.4. The van der Waals surface area contributed by atoms with Crippen LogP contribution >= 0.6 is 22.7 Å². The van der Waals surface area contributed by atoms with Crippen molar-refractivity contribution in [2.75, 3.05) is 0 Å². The molecule has 0 nitrogen and oxygen atoms in total. The van der Waals surface area contributed by atoms with Crippen molar-refractivity contribution in [2.45, 2.75) is 39.5 Å². The van der Waals surface area contributed by atoms with Crippen LogP contribution in [0.2, 0.25) is 0 Å². The van der Waals surface area contributed by atoms with Crippen LogP contribution in [0.15, 0.2) is 170 Å². The van der Waals surface area contributed by atoms with Crippen LogP contribution in [0, 0.1) is 0 Å². The summed E-state index contributed by atoms with van der Waals surface area (Å²) in [5.74, 6) is 0. The van der Waals surface area contributed by atoms with Gasteiger partial charge >= 0.3 is 26.2 Å². The van der Waals surface area contributed by atoms with E-state index >= 15 is 0 Å². The average molecular weight is 893 g/mol. The molecule has 57 heavy (non-hydrogen) atoms. The minimum atomic E-state index is 0. The molecule has 0 bridgehead atoms. The number of hydrogen-bond donors (Lipinski definition) is 0. The maximum absolute atomic E-state index is 2.36. The molecule has 0 radical (unpaired) electrons. The monoisotopic (exact) mass is 890 g/mol. The summed E-state index contributed by atoms with van der Waals surface area (Å²) >= 11 is 3.86. The minimum Gasteiger partial charge on any atom is -1.00 e. The van der Waals surface area contributed by atoms with Gasteiger partial charge in [0.05, 0.1) is 0 Å². The summed E-state index contributed by atoms with van der Waals surface area (Å²) in [5.41, 5.74) is 7.88. The van der Waals surface area contributed by atoms with Gasteiger partial charge < -0.3 is 24.8 Å². The molecule has 0 N–H and O–H groups in total. The van der Waals surface area contributed by atoms with Gasteiger partial charge in [0.15, 0.2) is 0 Å². The molecule has 2 heterocycles. The van der Waals surface area contributed by atoms with Crippen molar-refractivity contribution >= 4 is 65.8 Å². The van der Waals surface area contributed by atoms with Crippen LogP contribution in [-0.4, -0.2) is 0 Å². The van der Waals surface area contributed by atoms with Gasteiger partial charge in [0, 0.05) is 0 Å². The molecule has 0 aliphatic rings. The second-order valence-electron chi connectivity index (χ2n) is 14.3. The summed E-state index contributed by atoms with van der Waals surface area (Å²) in [6.45, 7) is 4.48. The number of aryl methyl sites for hydroxylation is 2. The zero-order valence-corrected chi connectivity index (χ0v) is 37.7. The van der Waals surface area contributed by atoms with Crippen molar-refractivity contribution in [3.8, 4) is 43.1 Å². The molecule has 0 spiro atoms. The van der Waals surface area contributed by atoms with Gasteiger partial charge in [0.2, 0.25) is 0 Å². The van der Waals surface area contributed by atoms with Gasteiger partial charge in [-0.2, -0.15) is 22.7 Å². The third-order valence-corrected chi connectivity index (χ3v) is 12.9. The summed E-state index contributed by atoms with van der Waals surface area (Å²) in [6, 6.07) is 62.5. The Hall–Kier alpha value is -4.08. The van der Waals surface area contributed by atoms with Crippen LogP contribution in [0.3, 0.4) is 0 Å². The second-order valence-corrected chi connectivity index (χ2v) is 16.6. The minimum absolute atomic E-state index is 0. The second kappa shape index (κ2) is 19.1. The molecule has 5 heteroatoms. The fourth-order valence-electron chi connectivity index (χ4n) is 7.80. The standard InChI is InChI=1S/2C26H21S.2ClH.Zr/c2*1-2-6-23-13-14-26(27-23)22-16-20-9-5-10-24(25(20)17-22)21-12-11-18-7-3-4-8-19(18)15-21;;;/h2*3-5,7-17H,2,6H2,1H3;2*1H;/q2*-1;;;+4/p-2. The Bertz CT molecular complexity index is 2690. The Morgan fingerprint density at radius 1 is 0.421 bits per heavy atom. The first-order valence-corrected chi connectivity index (χ1v) is 20.8. The predicted molar refractivity (Wildman–Crippen MR) is 240 cm³/mol. The first kappa shape index (κ1) is 42.5. The van der Waals surface area contributed by atoms with Crippen molar-refractivity contribution in [3.63, 3.8) is 0 Å². The normalized spacial score (nSPS) is 10.8. The van der Waals surface area contributed by atoms with Crippen molar-refractivity contribution in [1.82, 2.24) is 0 Å². The van der Waals surface area contributed by atoms with Crippen molar-refractivity contribution < 1.29 is 51.0 Å². The Morgan fingerprint density at radius 3 is 1.26 bits per heavy atom. The van der Waals surface area contributed by atoms with Crippen LogP contribution in [-0.2, 0) is 39.0 Å². The molecule has 280 valence electrons. The number of halogens is 2. The molecule has 0 saturated carbocycles. The average Bonchev–Trinajstić information content (AvgIpc) is 4.04. The van der Waals surface area contributed by atoms with Gasteiger partial charge in [0.25, 0.3) is 0 Å². The molecular weight excluding hydrogens is 851 g/mol. The van der Waals surface area contributed by atoms with Gasteiger partial charge in [-0.3, -0.25) is 0 Å². The van der Waals surface area contributed by atoms with Gasteiger partial charge in [0.1, 0.15) is 0 Å². The van der Waals surface area contributed by atoms with E-state index in [1.165, 1.54) is 122 Å². The molecule has 10 rings (SSSR count). The van der Waals surface area contributed by atoms with Crippen molar-refractivity contribution in [3.05, 3.63) is 180 Å². The van der Waals surface area contributed by atoms with E-state index in [-0.39, 0.29) is 51.0 Å². The number of benzene rings is 6. The summed E-state index contributed by atoms with van der Waals surface area (Å²) in [7, 11) is 0. The first-order chi connectivity index (χ1) is 26.6. The maximum Gasteiger partial charge on any atom is 4.00 e. The number of thiophene rings is 2. The summed E-state index contributed by atoms with van der Waals surface area (Å²) < 4.78 is 0. The fourth-order valence-corrected chi connectivity index (χ4v) is 9.99. The Balaban J connectivity index is 0.000000183. The van der Waals surface area contributed by atoms with Gasteiger partial charge in [-0.05, 0) is 77.2 Å². The molecule has 0 unspecified atom stereocenters. The largest absolute Gasteiger partial charge is 4.00 e. The smallest absolute Gasteiger partial charge is 1.00 e. The van der Waals surface area contributed by atoms with E-state index in [1.54, 1.807) is 0 Å². The van der Waals surface area contributed by atoms with Crippen LogP contribution in [0.25, 0.3) is 86.2 Å². The van der Waals surface area contributed by atoms with E-state index in [1.807, 2.05) is 22.7 Å². The molecule has 0 aliphatic carbocycles. The Labute approximate surface area is 375 Å². The topological polar surface area (TPSA) is 0 Å². The maximum atomic E-state index is 2.36. The van der Waals surface area contributed by atoms with Gasteiger partial charge in [-0.25, -0.2) is 0 Å². The van der Waals surface area contributed by atoms with E-state index in [0.717, 1.165) is 0 Å². The summed E-state index contributed by atoms with van der Waals surface area (Å²) in [4.78, 5) is 5.71. The van der Waals surface area contributed by atoms with Crippen LogP contribution < -0.4 is 24.8 Å². The Kier molecular flexibility index (Phi) is 14.3. The number of fused-ring (bicyclic) bond motifs is 4. The molecule has 0 amide bonds. The van der Waals surface area contributed by atoms with Crippen LogP contribution in [0.1, 0.15) is 36.4 Å². The first-order valence-electron chi connectivity index (χ1n) is 19.2.